The summed E-state index contributed by atoms with van der Waals surface area (Å²) >= 11 is 0. The van der Waals surface area contributed by atoms with Crippen molar-refractivity contribution in [1.82, 2.24) is 14.7 Å². The first-order chi connectivity index (χ1) is 13.5. The van der Waals surface area contributed by atoms with Gasteiger partial charge in [0, 0.05) is 31.2 Å². The third-order valence-electron chi connectivity index (χ3n) is 4.34. The van der Waals surface area contributed by atoms with Crippen molar-refractivity contribution in [3.05, 3.63) is 46.1 Å². The molecule has 0 bridgehead atoms. The van der Waals surface area contributed by atoms with E-state index in [0.29, 0.717) is 16.3 Å². The Morgan fingerprint density at radius 2 is 2.00 bits per heavy atom. The molecular formula is C17H16F3N5O4. The molecule has 1 N–H and O–H groups in total. The topological polar surface area (TPSA) is 110 Å². The van der Waals surface area contributed by atoms with Crippen LogP contribution in [-0.2, 0) is 9.59 Å². The van der Waals surface area contributed by atoms with E-state index in [1.165, 1.54) is 28.9 Å². The molecule has 0 radical (unpaired) electrons. The molecule has 1 saturated heterocycles. The van der Waals surface area contributed by atoms with Crippen molar-refractivity contribution in [1.29, 1.82) is 0 Å². The number of likely N-dealkylation sites (tertiary alicyclic amines) is 1. The zero-order chi connectivity index (χ0) is 21.3. The highest BCUT2D eigenvalue weighted by atomic mass is 19.4. The van der Waals surface area contributed by atoms with Crippen LogP contribution in [0.3, 0.4) is 0 Å². The lowest BCUT2D eigenvalue weighted by molar-refractivity contribution is -0.384. The third kappa shape index (κ3) is 4.70. The molecule has 1 aromatic carbocycles. The van der Waals surface area contributed by atoms with Gasteiger partial charge in [0.05, 0.1) is 22.2 Å². The fourth-order valence-corrected chi connectivity index (χ4v) is 3.05. The van der Waals surface area contributed by atoms with Gasteiger partial charge in [-0.05, 0) is 19.1 Å². The minimum Gasteiger partial charge on any atom is -0.333 e. The molecule has 3 rings (SSSR count). The van der Waals surface area contributed by atoms with E-state index < -0.39 is 35.4 Å². The van der Waals surface area contributed by atoms with Crippen LogP contribution in [-0.4, -0.2) is 50.7 Å². The molecule has 1 aromatic heterocycles. The molecule has 0 saturated carbocycles. The average Bonchev–Trinajstić information content (AvgIpc) is 3.16. The van der Waals surface area contributed by atoms with Crippen LogP contribution in [0.2, 0.25) is 0 Å². The molecule has 1 unspecified atom stereocenters. The number of non-ortho nitro benzene ring substituents is 1. The summed E-state index contributed by atoms with van der Waals surface area (Å²) in [5.41, 5.74) is 0.873. The maximum atomic E-state index is 12.5. The Morgan fingerprint density at radius 3 is 2.59 bits per heavy atom. The normalized spacial score (nSPS) is 16.9. The smallest absolute Gasteiger partial charge is 0.333 e. The van der Waals surface area contributed by atoms with Gasteiger partial charge in [-0.2, -0.15) is 18.3 Å². The van der Waals surface area contributed by atoms with E-state index in [-0.39, 0.29) is 24.5 Å². The molecular weight excluding hydrogens is 395 g/mol. The molecule has 1 aliphatic heterocycles. The highest BCUT2D eigenvalue weighted by Gasteiger charge is 2.40. The monoisotopic (exact) mass is 411 g/mol. The minimum absolute atomic E-state index is 0.113. The van der Waals surface area contributed by atoms with Crippen molar-refractivity contribution >= 4 is 23.3 Å². The second kappa shape index (κ2) is 7.53. The van der Waals surface area contributed by atoms with Crippen molar-refractivity contribution in [2.45, 2.75) is 19.5 Å². The van der Waals surface area contributed by atoms with Gasteiger partial charge in [0.1, 0.15) is 12.4 Å². The maximum Gasteiger partial charge on any atom is 0.406 e. The van der Waals surface area contributed by atoms with Gasteiger partial charge in [-0.15, -0.1) is 0 Å². The van der Waals surface area contributed by atoms with E-state index in [4.69, 9.17) is 0 Å². The predicted octanol–water partition coefficient (Wildman–Crippen LogP) is 2.44. The van der Waals surface area contributed by atoms with Gasteiger partial charge in [0.2, 0.25) is 11.8 Å². The van der Waals surface area contributed by atoms with Gasteiger partial charge in [-0.25, -0.2) is 4.68 Å². The van der Waals surface area contributed by atoms with Crippen molar-refractivity contribution in [2.75, 3.05) is 18.4 Å². The number of hydrogen-bond donors (Lipinski definition) is 1. The second-order valence-corrected chi connectivity index (χ2v) is 6.64. The van der Waals surface area contributed by atoms with Gasteiger partial charge in [0.15, 0.2) is 0 Å². The number of amides is 2. The van der Waals surface area contributed by atoms with E-state index in [2.05, 4.69) is 10.4 Å². The Bertz CT molecular complexity index is 955. The summed E-state index contributed by atoms with van der Waals surface area (Å²) in [6.07, 6.45) is -4.85. The van der Waals surface area contributed by atoms with E-state index in [0.717, 1.165) is 0 Å². The quantitative estimate of drug-likeness (QED) is 0.600. The molecule has 2 amide bonds. The summed E-state index contributed by atoms with van der Waals surface area (Å²) in [7, 11) is 0. The number of carbonyl (C=O) groups is 2. The molecule has 9 nitrogen and oxygen atoms in total. The Morgan fingerprint density at radius 1 is 1.34 bits per heavy atom. The molecule has 1 aliphatic rings. The Labute approximate surface area is 162 Å². The number of benzene rings is 1. The van der Waals surface area contributed by atoms with Crippen LogP contribution >= 0.6 is 0 Å². The number of alkyl halides is 3. The lowest BCUT2D eigenvalue weighted by Crippen LogP contribution is -2.36. The Hall–Kier alpha value is -3.44. The molecule has 0 spiro atoms. The number of aromatic nitrogens is 2. The zero-order valence-electron chi connectivity index (χ0n) is 15.1. The maximum absolute atomic E-state index is 12.5. The summed E-state index contributed by atoms with van der Waals surface area (Å²) < 4.78 is 38.9. The highest BCUT2D eigenvalue weighted by Crippen LogP contribution is 2.26. The molecule has 154 valence electrons. The van der Waals surface area contributed by atoms with Gasteiger partial charge in [-0.3, -0.25) is 19.7 Å². The average molecular weight is 411 g/mol. The van der Waals surface area contributed by atoms with Gasteiger partial charge >= 0.3 is 6.18 Å². The first kappa shape index (κ1) is 20.3. The first-order valence-electron chi connectivity index (χ1n) is 8.50. The van der Waals surface area contributed by atoms with Gasteiger partial charge < -0.3 is 10.2 Å². The van der Waals surface area contributed by atoms with E-state index >= 15 is 0 Å². The fraction of sp³-hybridized carbons (Fsp3) is 0.353. The largest absolute Gasteiger partial charge is 0.406 e. The number of halogens is 3. The van der Waals surface area contributed by atoms with Crippen molar-refractivity contribution < 1.29 is 27.7 Å². The van der Waals surface area contributed by atoms with Crippen molar-refractivity contribution in [3.8, 4) is 5.69 Å². The van der Waals surface area contributed by atoms with Crippen LogP contribution in [0.1, 0.15) is 12.1 Å². The van der Waals surface area contributed by atoms with Crippen LogP contribution in [0.5, 0.6) is 0 Å². The standard InChI is InChI=1S/C17H16F3N5O4/c1-10-6-14(24(22-10)12-2-4-13(5-3-12)25(28)29)21-16(27)11-7-15(26)23(8-11)9-17(18,19)20/h2-6,11H,7-9H2,1H3,(H,21,27). The lowest BCUT2D eigenvalue weighted by atomic mass is 10.1. The number of aryl methyl sites for hydroxylation is 1. The third-order valence-corrected chi connectivity index (χ3v) is 4.34. The summed E-state index contributed by atoms with van der Waals surface area (Å²) in [4.78, 5) is 35.1. The fourth-order valence-electron chi connectivity index (χ4n) is 3.05. The molecule has 2 aromatic rings. The van der Waals surface area contributed by atoms with E-state index in [9.17, 15) is 32.9 Å². The van der Waals surface area contributed by atoms with Crippen molar-refractivity contribution in [3.63, 3.8) is 0 Å². The van der Waals surface area contributed by atoms with E-state index in [1.807, 2.05) is 0 Å². The molecule has 12 heteroatoms. The number of nitro benzene ring substituents is 1. The number of nitrogens with zero attached hydrogens (tertiary/aromatic N) is 4. The SMILES string of the molecule is Cc1cc(NC(=O)C2CC(=O)N(CC(F)(F)F)C2)n(-c2ccc([N+](=O)[O-])cc2)n1. The minimum atomic E-state index is -4.54. The second-order valence-electron chi connectivity index (χ2n) is 6.64. The number of rotatable bonds is 5. The van der Waals surface area contributed by atoms with Crippen LogP contribution in [0, 0.1) is 23.0 Å². The summed E-state index contributed by atoms with van der Waals surface area (Å²) in [6, 6.07) is 7.00. The number of hydrogen-bond acceptors (Lipinski definition) is 5. The lowest BCUT2D eigenvalue weighted by Gasteiger charge is -2.18. The number of anilines is 1. The first-order valence-corrected chi connectivity index (χ1v) is 8.50. The molecule has 2 heterocycles. The number of nitro groups is 1. The van der Waals surface area contributed by atoms with E-state index in [1.54, 1.807) is 13.0 Å². The summed E-state index contributed by atoms with van der Waals surface area (Å²) in [6.45, 7) is -0.0496. The molecule has 29 heavy (non-hydrogen) atoms. The number of nitrogens with one attached hydrogen (secondary N) is 1. The van der Waals surface area contributed by atoms with Gasteiger partial charge in [-0.1, -0.05) is 0 Å². The molecule has 0 aliphatic carbocycles. The Kier molecular flexibility index (Phi) is 5.27. The zero-order valence-corrected chi connectivity index (χ0v) is 15.1. The number of carbonyl (C=O) groups excluding carboxylic acids is 2. The van der Waals surface area contributed by atoms with Crippen LogP contribution in [0.4, 0.5) is 24.7 Å². The van der Waals surface area contributed by atoms with Crippen LogP contribution in [0.15, 0.2) is 30.3 Å². The summed E-state index contributed by atoms with van der Waals surface area (Å²) in [5, 5.41) is 17.6. The van der Waals surface area contributed by atoms with Crippen molar-refractivity contribution in [2.24, 2.45) is 5.92 Å². The molecule has 1 fully saturated rings. The van der Waals surface area contributed by atoms with Crippen LogP contribution in [0.25, 0.3) is 5.69 Å². The van der Waals surface area contributed by atoms with Gasteiger partial charge in [0.25, 0.3) is 5.69 Å². The van der Waals surface area contributed by atoms with Crippen LogP contribution < -0.4 is 5.32 Å². The predicted molar refractivity (Wildman–Crippen MR) is 94.3 cm³/mol. The summed E-state index contributed by atoms with van der Waals surface area (Å²) in [5.74, 6) is -2.03. The molecule has 1 atom stereocenters. The highest BCUT2D eigenvalue weighted by molar-refractivity contribution is 5.96. The Balaban J connectivity index is 1.75.